The molecular weight excluding hydrogens is 270 g/mol. The van der Waals surface area contributed by atoms with Crippen LogP contribution >= 0.6 is 0 Å². The van der Waals surface area contributed by atoms with Gasteiger partial charge in [0, 0.05) is 11.3 Å². The molecule has 0 saturated heterocycles. The van der Waals surface area contributed by atoms with E-state index in [1.54, 1.807) is 6.07 Å². The van der Waals surface area contributed by atoms with Crippen molar-refractivity contribution < 1.29 is 13.9 Å². The molecule has 0 radical (unpaired) electrons. The second-order valence-corrected chi connectivity index (χ2v) is 4.65. The maximum absolute atomic E-state index is 8.97. The Morgan fingerprint density at radius 3 is 2.71 bits per heavy atom. The van der Waals surface area contributed by atoms with E-state index in [0.29, 0.717) is 18.2 Å². The monoisotopic (exact) mass is 285 g/mol. The van der Waals surface area contributed by atoms with Gasteiger partial charge < -0.3 is 19.3 Å². The summed E-state index contributed by atoms with van der Waals surface area (Å²) in [6.45, 7) is 2.47. The molecule has 0 aliphatic heterocycles. The highest BCUT2D eigenvalue weighted by atomic mass is 16.4. The van der Waals surface area contributed by atoms with Crippen LogP contribution in [-0.2, 0) is 13.2 Å². The molecule has 0 aliphatic rings. The molecule has 2 aromatic heterocycles. The van der Waals surface area contributed by atoms with Gasteiger partial charge in [-0.3, -0.25) is 0 Å². The molecule has 3 aromatic rings. The third kappa shape index (κ3) is 2.95. The van der Waals surface area contributed by atoms with Crippen LogP contribution in [0.25, 0.3) is 11.5 Å². The Bertz CT molecular complexity index is 720. The van der Waals surface area contributed by atoms with Crippen molar-refractivity contribution >= 4 is 5.69 Å². The number of rotatable bonds is 5. The van der Waals surface area contributed by atoms with Crippen LogP contribution in [-0.4, -0.2) is 15.3 Å². The molecule has 6 heteroatoms. The predicted molar refractivity (Wildman–Crippen MR) is 76.4 cm³/mol. The molecule has 108 valence electrons. The first-order chi connectivity index (χ1) is 10.3. The molecule has 0 unspecified atom stereocenters. The van der Waals surface area contributed by atoms with Crippen molar-refractivity contribution in [1.82, 2.24) is 10.2 Å². The third-order valence-electron chi connectivity index (χ3n) is 3.16. The molecular formula is C15H15N3O3. The summed E-state index contributed by atoms with van der Waals surface area (Å²) in [6, 6.07) is 9.48. The van der Waals surface area contributed by atoms with Gasteiger partial charge in [0.25, 0.3) is 0 Å². The number of nitrogens with one attached hydrogen (secondary N) is 1. The van der Waals surface area contributed by atoms with E-state index in [0.717, 1.165) is 22.6 Å². The summed E-state index contributed by atoms with van der Waals surface area (Å²) in [5.41, 5.74) is 2.95. The fourth-order valence-corrected chi connectivity index (χ4v) is 2.08. The number of benzene rings is 1. The van der Waals surface area contributed by atoms with E-state index in [1.807, 2.05) is 31.2 Å². The second kappa shape index (κ2) is 5.80. The highest BCUT2D eigenvalue weighted by Gasteiger charge is 2.07. The van der Waals surface area contributed by atoms with Gasteiger partial charge in [0.2, 0.25) is 12.3 Å². The Balaban J connectivity index is 1.71. The molecule has 2 N–H and O–H groups in total. The first-order valence-corrected chi connectivity index (χ1v) is 6.56. The third-order valence-corrected chi connectivity index (χ3v) is 3.16. The smallest absolute Gasteiger partial charge is 0.247 e. The Kier molecular flexibility index (Phi) is 3.70. The van der Waals surface area contributed by atoms with Crippen LogP contribution in [0.4, 0.5) is 5.69 Å². The van der Waals surface area contributed by atoms with Gasteiger partial charge in [-0.25, -0.2) is 0 Å². The standard InChI is InChI=1S/C15H15N3O3/c1-10-6-11(15-18-17-9-20-15)2-5-14(10)16-7-12-3-4-13(8-19)21-12/h2-6,9,16,19H,7-8H2,1H3. The summed E-state index contributed by atoms with van der Waals surface area (Å²) in [5, 5.41) is 19.8. The molecule has 0 spiro atoms. The number of hydrogen-bond donors (Lipinski definition) is 2. The van der Waals surface area contributed by atoms with Crippen molar-refractivity contribution in [3.63, 3.8) is 0 Å². The maximum atomic E-state index is 8.97. The van der Waals surface area contributed by atoms with Gasteiger partial charge in [-0.15, -0.1) is 10.2 Å². The van der Waals surface area contributed by atoms with Crippen LogP contribution in [0.5, 0.6) is 0 Å². The Morgan fingerprint density at radius 1 is 1.19 bits per heavy atom. The fraction of sp³-hybridized carbons (Fsp3) is 0.200. The van der Waals surface area contributed by atoms with E-state index in [-0.39, 0.29) is 6.61 Å². The quantitative estimate of drug-likeness (QED) is 0.750. The van der Waals surface area contributed by atoms with E-state index in [9.17, 15) is 0 Å². The summed E-state index contributed by atoms with van der Waals surface area (Å²) in [4.78, 5) is 0. The molecule has 0 atom stereocenters. The zero-order valence-corrected chi connectivity index (χ0v) is 11.5. The zero-order chi connectivity index (χ0) is 14.7. The Hall–Kier alpha value is -2.60. The number of anilines is 1. The molecule has 6 nitrogen and oxygen atoms in total. The second-order valence-electron chi connectivity index (χ2n) is 4.65. The van der Waals surface area contributed by atoms with Crippen LogP contribution in [0.15, 0.2) is 45.6 Å². The van der Waals surface area contributed by atoms with Crippen molar-refractivity contribution in [2.24, 2.45) is 0 Å². The lowest BCUT2D eigenvalue weighted by molar-refractivity contribution is 0.244. The molecule has 0 amide bonds. The number of aliphatic hydroxyl groups is 1. The summed E-state index contributed by atoms with van der Waals surface area (Å²) in [6.07, 6.45) is 1.31. The summed E-state index contributed by atoms with van der Waals surface area (Å²) in [7, 11) is 0. The van der Waals surface area contributed by atoms with Crippen molar-refractivity contribution in [3.05, 3.63) is 53.8 Å². The first-order valence-electron chi connectivity index (χ1n) is 6.56. The van der Waals surface area contributed by atoms with E-state index in [1.165, 1.54) is 6.39 Å². The van der Waals surface area contributed by atoms with Crippen molar-refractivity contribution in [2.45, 2.75) is 20.1 Å². The van der Waals surface area contributed by atoms with Gasteiger partial charge in [-0.2, -0.15) is 0 Å². The number of nitrogens with zero attached hydrogens (tertiary/aromatic N) is 2. The summed E-state index contributed by atoms with van der Waals surface area (Å²) in [5.74, 6) is 1.85. The van der Waals surface area contributed by atoms with Crippen molar-refractivity contribution in [3.8, 4) is 11.5 Å². The molecule has 0 aliphatic carbocycles. The first kappa shape index (κ1) is 13.4. The number of aromatic nitrogens is 2. The summed E-state index contributed by atoms with van der Waals surface area (Å²) < 4.78 is 10.6. The molecule has 0 fully saturated rings. The minimum Gasteiger partial charge on any atom is -0.462 e. The molecule has 21 heavy (non-hydrogen) atoms. The van der Waals surface area contributed by atoms with E-state index < -0.39 is 0 Å². The average Bonchev–Trinajstić information content (AvgIpc) is 3.17. The zero-order valence-electron chi connectivity index (χ0n) is 11.5. The predicted octanol–water partition coefficient (Wildman–Crippen LogP) is 2.74. The molecule has 0 bridgehead atoms. The number of hydrogen-bond acceptors (Lipinski definition) is 6. The minimum absolute atomic E-state index is 0.0854. The van der Waals surface area contributed by atoms with Gasteiger partial charge in [-0.05, 0) is 42.8 Å². The molecule has 1 aromatic carbocycles. The lowest BCUT2D eigenvalue weighted by atomic mass is 10.1. The van der Waals surface area contributed by atoms with Gasteiger partial charge in [-0.1, -0.05) is 0 Å². The Morgan fingerprint density at radius 2 is 2.05 bits per heavy atom. The fourth-order valence-electron chi connectivity index (χ4n) is 2.08. The number of aryl methyl sites for hydroxylation is 1. The highest BCUT2D eigenvalue weighted by Crippen LogP contribution is 2.23. The highest BCUT2D eigenvalue weighted by molar-refractivity contribution is 5.62. The van der Waals surface area contributed by atoms with Gasteiger partial charge in [0.15, 0.2) is 0 Å². The van der Waals surface area contributed by atoms with Crippen molar-refractivity contribution in [2.75, 3.05) is 5.32 Å². The van der Waals surface area contributed by atoms with E-state index >= 15 is 0 Å². The van der Waals surface area contributed by atoms with Crippen LogP contribution in [0.1, 0.15) is 17.1 Å². The molecule has 3 rings (SSSR count). The molecule has 2 heterocycles. The number of aliphatic hydroxyl groups excluding tert-OH is 1. The largest absolute Gasteiger partial charge is 0.462 e. The number of furan rings is 1. The van der Waals surface area contributed by atoms with E-state index in [2.05, 4.69) is 15.5 Å². The van der Waals surface area contributed by atoms with Crippen LogP contribution in [0.2, 0.25) is 0 Å². The van der Waals surface area contributed by atoms with Crippen LogP contribution in [0.3, 0.4) is 0 Å². The lowest BCUT2D eigenvalue weighted by Crippen LogP contribution is -2.00. The maximum Gasteiger partial charge on any atom is 0.247 e. The van der Waals surface area contributed by atoms with Gasteiger partial charge in [0.1, 0.15) is 18.1 Å². The van der Waals surface area contributed by atoms with Crippen LogP contribution in [0, 0.1) is 6.92 Å². The van der Waals surface area contributed by atoms with Crippen LogP contribution < -0.4 is 5.32 Å². The van der Waals surface area contributed by atoms with Crippen molar-refractivity contribution in [1.29, 1.82) is 0 Å². The molecule has 0 saturated carbocycles. The lowest BCUT2D eigenvalue weighted by Gasteiger charge is -2.09. The normalized spacial score (nSPS) is 10.8. The van der Waals surface area contributed by atoms with Gasteiger partial charge in [0.05, 0.1) is 6.54 Å². The SMILES string of the molecule is Cc1cc(-c2nnco2)ccc1NCc1ccc(CO)o1. The van der Waals surface area contributed by atoms with Gasteiger partial charge >= 0.3 is 0 Å². The topological polar surface area (TPSA) is 84.3 Å². The Labute approximate surface area is 121 Å². The summed E-state index contributed by atoms with van der Waals surface area (Å²) >= 11 is 0. The van der Waals surface area contributed by atoms with E-state index in [4.69, 9.17) is 13.9 Å². The average molecular weight is 285 g/mol. The minimum atomic E-state index is -0.0854.